The maximum Gasteiger partial charge on any atom is 0.138 e. The minimum atomic E-state index is 0.223. The van der Waals surface area contributed by atoms with Gasteiger partial charge in [-0.1, -0.05) is 41.6 Å². The van der Waals surface area contributed by atoms with E-state index in [-0.39, 0.29) is 5.75 Å². The van der Waals surface area contributed by atoms with E-state index < -0.39 is 0 Å². The van der Waals surface area contributed by atoms with Crippen molar-refractivity contribution in [2.75, 3.05) is 0 Å². The standard InChI is InChI=1S/C13H9ClOS/c14-10-5-6-12-9(13(10)15)7-8-3-1-2-4-11(8)16-12/h1-6,15H,7H2. The van der Waals surface area contributed by atoms with E-state index in [1.807, 2.05) is 18.2 Å². The van der Waals surface area contributed by atoms with Gasteiger partial charge < -0.3 is 5.11 Å². The van der Waals surface area contributed by atoms with Crippen LogP contribution in [-0.2, 0) is 6.42 Å². The normalized spacial score (nSPS) is 13.1. The van der Waals surface area contributed by atoms with Gasteiger partial charge in [-0.25, -0.2) is 0 Å². The number of fused-ring (bicyclic) bond motifs is 2. The molecule has 0 bridgehead atoms. The van der Waals surface area contributed by atoms with Crippen LogP contribution in [0.2, 0.25) is 5.02 Å². The fraction of sp³-hybridized carbons (Fsp3) is 0.0769. The van der Waals surface area contributed by atoms with Crippen molar-refractivity contribution in [1.29, 1.82) is 0 Å². The monoisotopic (exact) mass is 248 g/mol. The highest BCUT2D eigenvalue weighted by molar-refractivity contribution is 7.99. The highest BCUT2D eigenvalue weighted by atomic mass is 35.5. The quantitative estimate of drug-likeness (QED) is 0.646. The zero-order valence-corrected chi connectivity index (χ0v) is 9.98. The lowest BCUT2D eigenvalue weighted by molar-refractivity contribution is 0.467. The first-order chi connectivity index (χ1) is 7.75. The summed E-state index contributed by atoms with van der Waals surface area (Å²) in [6, 6.07) is 12.0. The second-order valence-corrected chi connectivity index (χ2v) is 5.25. The third kappa shape index (κ3) is 1.49. The van der Waals surface area contributed by atoms with Crippen molar-refractivity contribution in [3.05, 3.63) is 52.5 Å². The molecule has 3 rings (SSSR count). The van der Waals surface area contributed by atoms with E-state index in [4.69, 9.17) is 11.6 Å². The molecular weight excluding hydrogens is 240 g/mol. The Kier molecular flexibility index (Phi) is 2.34. The van der Waals surface area contributed by atoms with Gasteiger partial charge in [0.25, 0.3) is 0 Å². The van der Waals surface area contributed by atoms with Gasteiger partial charge in [-0.05, 0) is 23.8 Å². The van der Waals surface area contributed by atoms with Crippen LogP contribution in [0.15, 0.2) is 46.2 Å². The molecule has 0 saturated heterocycles. The molecule has 0 unspecified atom stereocenters. The molecule has 0 fully saturated rings. The molecule has 0 atom stereocenters. The van der Waals surface area contributed by atoms with Gasteiger partial charge in [-0.3, -0.25) is 0 Å². The zero-order chi connectivity index (χ0) is 11.1. The van der Waals surface area contributed by atoms with Gasteiger partial charge in [0, 0.05) is 21.8 Å². The van der Waals surface area contributed by atoms with Crippen LogP contribution in [0.5, 0.6) is 5.75 Å². The Balaban J connectivity index is 2.16. The van der Waals surface area contributed by atoms with E-state index in [1.165, 1.54) is 10.5 Å². The van der Waals surface area contributed by atoms with E-state index >= 15 is 0 Å². The van der Waals surface area contributed by atoms with Crippen molar-refractivity contribution < 1.29 is 5.11 Å². The Morgan fingerprint density at radius 1 is 1.06 bits per heavy atom. The molecule has 0 aromatic heterocycles. The lowest BCUT2D eigenvalue weighted by Gasteiger charge is -2.19. The van der Waals surface area contributed by atoms with Gasteiger partial charge in [0.05, 0.1) is 5.02 Å². The van der Waals surface area contributed by atoms with Crippen LogP contribution in [-0.4, -0.2) is 5.11 Å². The first-order valence-corrected chi connectivity index (χ1v) is 6.21. The topological polar surface area (TPSA) is 20.2 Å². The number of benzene rings is 2. The Bertz CT molecular complexity index is 566. The van der Waals surface area contributed by atoms with E-state index in [0.717, 1.165) is 16.9 Å². The Hall–Kier alpha value is -1.12. The van der Waals surface area contributed by atoms with Crippen LogP contribution >= 0.6 is 23.4 Å². The molecule has 16 heavy (non-hydrogen) atoms. The third-order valence-corrected chi connectivity index (χ3v) is 4.28. The summed E-state index contributed by atoms with van der Waals surface area (Å²) in [6.45, 7) is 0. The highest BCUT2D eigenvalue weighted by Gasteiger charge is 2.19. The molecule has 1 N–H and O–H groups in total. The van der Waals surface area contributed by atoms with Gasteiger partial charge in [-0.15, -0.1) is 0 Å². The maximum absolute atomic E-state index is 9.92. The van der Waals surface area contributed by atoms with Gasteiger partial charge in [0.15, 0.2) is 0 Å². The SMILES string of the molecule is Oc1c(Cl)ccc2c1Cc1ccccc1S2. The van der Waals surface area contributed by atoms with Crippen LogP contribution in [0.4, 0.5) is 0 Å². The molecule has 80 valence electrons. The molecule has 2 aromatic carbocycles. The first-order valence-electron chi connectivity index (χ1n) is 5.02. The zero-order valence-electron chi connectivity index (χ0n) is 8.40. The smallest absolute Gasteiger partial charge is 0.138 e. The van der Waals surface area contributed by atoms with E-state index in [2.05, 4.69) is 12.1 Å². The van der Waals surface area contributed by atoms with Crippen LogP contribution < -0.4 is 0 Å². The van der Waals surface area contributed by atoms with Crippen molar-refractivity contribution in [2.24, 2.45) is 0 Å². The number of hydrogen-bond donors (Lipinski definition) is 1. The summed E-state index contributed by atoms with van der Waals surface area (Å²) in [5.74, 6) is 0.223. The maximum atomic E-state index is 9.92. The van der Waals surface area contributed by atoms with Crippen molar-refractivity contribution >= 4 is 23.4 Å². The van der Waals surface area contributed by atoms with Gasteiger partial charge in [0.1, 0.15) is 5.75 Å². The molecule has 0 amide bonds. The predicted molar refractivity (Wildman–Crippen MR) is 66.5 cm³/mol. The number of aromatic hydroxyl groups is 1. The molecular formula is C13H9ClOS. The van der Waals surface area contributed by atoms with Crippen LogP contribution in [0, 0.1) is 0 Å². The molecule has 2 aromatic rings. The second kappa shape index (κ2) is 3.72. The number of hydrogen-bond acceptors (Lipinski definition) is 2. The summed E-state index contributed by atoms with van der Waals surface area (Å²) in [6.07, 6.45) is 0.755. The number of phenols is 1. The van der Waals surface area contributed by atoms with Crippen molar-refractivity contribution in [2.45, 2.75) is 16.2 Å². The molecule has 0 radical (unpaired) electrons. The lowest BCUT2D eigenvalue weighted by atomic mass is 10.0. The van der Waals surface area contributed by atoms with Gasteiger partial charge in [0.2, 0.25) is 0 Å². The van der Waals surface area contributed by atoms with E-state index in [9.17, 15) is 5.11 Å². The molecule has 1 nitrogen and oxygen atoms in total. The van der Waals surface area contributed by atoms with Crippen molar-refractivity contribution in [3.63, 3.8) is 0 Å². The molecule has 0 saturated carbocycles. The van der Waals surface area contributed by atoms with Crippen LogP contribution in [0.25, 0.3) is 0 Å². The minimum absolute atomic E-state index is 0.223. The summed E-state index contributed by atoms with van der Waals surface area (Å²) < 4.78 is 0. The molecule has 0 aliphatic carbocycles. The number of phenolic OH excluding ortho intramolecular Hbond substituents is 1. The second-order valence-electron chi connectivity index (χ2n) is 3.76. The molecule has 1 aliphatic heterocycles. The summed E-state index contributed by atoms with van der Waals surface area (Å²) in [5, 5.41) is 10.4. The number of halogens is 1. The summed E-state index contributed by atoms with van der Waals surface area (Å²) >= 11 is 7.60. The molecule has 1 aliphatic rings. The summed E-state index contributed by atoms with van der Waals surface area (Å²) in [5.41, 5.74) is 2.19. The fourth-order valence-corrected chi connectivity index (χ4v) is 3.17. The minimum Gasteiger partial charge on any atom is -0.506 e. The van der Waals surface area contributed by atoms with E-state index in [1.54, 1.807) is 17.8 Å². The van der Waals surface area contributed by atoms with Gasteiger partial charge >= 0.3 is 0 Å². The Morgan fingerprint density at radius 3 is 2.75 bits per heavy atom. The fourth-order valence-electron chi connectivity index (χ4n) is 1.91. The van der Waals surface area contributed by atoms with Crippen molar-refractivity contribution in [1.82, 2.24) is 0 Å². The predicted octanol–water partition coefficient (Wildman–Crippen LogP) is 4.10. The first kappa shape index (κ1) is 10.1. The summed E-state index contributed by atoms with van der Waals surface area (Å²) in [4.78, 5) is 2.36. The average molecular weight is 249 g/mol. The van der Waals surface area contributed by atoms with Crippen LogP contribution in [0.3, 0.4) is 0 Å². The Labute approximate surface area is 103 Å². The summed E-state index contributed by atoms with van der Waals surface area (Å²) in [7, 11) is 0. The molecule has 1 heterocycles. The molecule has 3 heteroatoms. The van der Waals surface area contributed by atoms with Gasteiger partial charge in [-0.2, -0.15) is 0 Å². The molecule has 0 spiro atoms. The van der Waals surface area contributed by atoms with Crippen LogP contribution in [0.1, 0.15) is 11.1 Å². The number of rotatable bonds is 0. The largest absolute Gasteiger partial charge is 0.506 e. The lowest BCUT2D eigenvalue weighted by Crippen LogP contribution is -1.99. The Morgan fingerprint density at radius 2 is 1.88 bits per heavy atom. The average Bonchev–Trinajstić information content (AvgIpc) is 2.32. The highest BCUT2D eigenvalue weighted by Crippen LogP contribution is 2.44. The van der Waals surface area contributed by atoms with E-state index in [0.29, 0.717) is 5.02 Å². The third-order valence-electron chi connectivity index (χ3n) is 2.75. The van der Waals surface area contributed by atoms with Crippen molar-refractivity contribution in [3.8, 4) is 5.75 Å².